The summed E-state index contributed by atoms with van der Waals surface area (Å²) in [5, 5.41) is 8.25. The maximum absolute atomic E-state index is 5.32. The van der Waals surface area contributed by atoms with E-state index in [2.05, 4.69) is 147 Å². The molecule has 0 aliphatic heterocycles. The molecule has 3 heteroatoms. The van der Waals surface area contributed by atoms with Gasteiger partial charge in [-0.05, 0) is 86.3 Å². The normalized spacial score (nSPS) is 11.6. The number of hydrogen-bond donors (Lipinski definition) is 0. The first kappa shape index (κ1) is 30.4. The molecule has 2 aromatic heterocycles. The fourth-order valence-electron chi connectivity index (χ4n) is 7.26. The molecule has 0 N–H and O–H groups in total. The van der Waals surface area contributed by atoms with E-state index in [1.54, 1.807) is 0 Å². The van der Waals surface area contributed by atoms with Gasteiger partial charge in [0.1, 0.15) is 0 Å². The topological polar surface area (TPSA) is 38.7 Å². The second-order valence-electron chi connectivity index (χ2n) is 12.9. The smallest absolute Gasteiger partial charge is 0.160 e. The van der Waals surface area contributed by atoms with Gasteiger partial charge in [0.05, 0.1) is 16.9 Å². The maximum Gasteiger partial charge on any atom is 0.160 e. The van der Waals surface area contributed by atoms with Gasteiger partial charge in [0.15, 0.2) is 5.82 Å². The first-order valence-corrected chi connectivity index (χ1v) is 17.2. The highest BCUT2D eigenvalue weighted by molar-refractivity contribution is 6.13. The standard InChI is InChI=1S/C48H33N3/c1-3-4-13-34-27-43(40-18-9-8-16-38(40)31(34)2)46-29-47(44-28-35-14-5-7-17-39(35)41-19-10-11-20-42(41)44)51-48(50-46)33-24-22-32(23-25-33)37-26-36-15-6-12-21-45(36)49-30-37/h3-30H,1H2,2H3/b13-4-. The first-order chi connectivity index (χ1) is 25.1. The Morgan fingerprint density at radius 3 is 1.84 bits per heavy atom. The van der Waals surface area contributed by atoms with Crippen molar-refractivity contribution in [1.82, 2.24) is 15.0 Å². The van der Waals surface area contributed by atoms with E-state index >= 15 is 0 Å². The molecule has 9 aromatic rings. The van der Waals surface area contributed by atoms with Crippen molar-refractivity contribution in [1.29, 1.82) is 0 Å². The molecule has 0 spiro atoms. The summed E-state index contributed by atoms with van der Waals surface area (Å²) in [5.74, 6) is 0.677. The summed E-state index contributed by atoms with van der Waals surface area (Å²) >= 11 is 0. The molecular formula is C48H33N3. The summed E-state index contributed by atoms with van der Waals surface area (Å²) in [6, 6.07) is 51.4. The Morgan fingerprint density at radius 2 is 1.10 bits per heavy atom. The lowest BCUT2D eigenvalue weighted by atomic mass is 9.92. The number of hydrogen-bond acceptors (Lipinski definition) is 3. The lowest BCUT2D eigenvalue weighted by Crippen LogP contribution is -1.98. The number of aryl methyl sites for hydroxylation is 1. The molecule has 0 fully saturated rings. The van der Waals surface area contributed by atoms with Gasteiger partial charge in [0, 0.05) is 33.8 Å². The van der Waals surface area contributed by atoms with E-state index in [0.717, 1.165) is 66.4 Å². The number of benzene rings is 7. The van der Waals surface area contributed by atoms with Crippen LogP contribution >= 0.6 is 0 Å². The van der Waals surface area contributed by atoms with Crippen molar-refractivity contribution in [3.05, 3.63) is 182 Å². The number of fused-ring (bicyclic) bond motifs is 5. The molecule has 0 aliphatic rings. The zero-order chi connectivity index (χ0) is 34.3. The molecule has 0 saturated heterocycles. The largest absolute Gasteiger partial charge is 0.256 e. The van der Waals surface area contributed by atoms with Crippen LogP contribution in [0.1, 0.15) is 11.1 Å². The van der Waals surface area contributed by atoms with Crippen LogP contribution < -0.4 is 0 Å². The van der Waals surface area contributed by atoms with E-state index in [1.165, 1.54) is 27.1 Å². The summed E-state index contributed by atoms with van der Waals surface area (Å²) in [5.41, 5.74) is 10.4. The summed E-state index contributed by atoms with van der Waals surface area (Å²) in [6.07, 6.45) is 7.88. The third-order valence-electron chi connectivity index (χ3n) is 9.88. The lowest BCUT2D eigenvalue weighted by Gasteiger charge is -2.16. The van der Waals surface area contributed by atoms with Gasteiger partial charge in [-0.1, -0.05) is 140 Å². The monoisotopic (exact) mass is 651 g/mol. The Hall–Kier alpha value is -6.71. The van der Waals surface area contributed by atoms with Crippen molar-refractivity contribution in [2.24, 2.45) is 0 Å². The number of nitrogens with zero attached hydrogens (tertiary/aromatic N) is 3. The van der Waals surface area contributed by atoms with Gasteiger partial charge in [-0.15, -0.1) is 0 Å². The molecule has 0 atom stereocenters. The van der Waals surface area contributed by atoms with Gasteiger partial charge in [-0.3, -0.25) is 4.98 Å². The minimum absolute atomic E-state index is 0.677. The van der Waals surface area contributed by atoms with Crippen molar-refractivity contribution in [2.75, 3.05) is 0 Å². The predicted molar refractivity (Wildman–Crippen MR) is 216 cm³/mol. The molecule has 3 nitrogen and oxygen atoms in total. The lowest BCUT2D eigenvalue weighted by molar-refractivity contribution is 1.19. The Balaban J connectivity index is 1.27. The molecule has 0 unspecified atom stereocenters. The van der Waals surface area contributed by atoms with Crippen molar-refractivity contribution < 1.29 is 0 Å². The number of para-hydroxylation sites is 1. The van der Waals surface area contributed by atoms with E-state index in [4.69, 9.17) is 15.0 Å². The minimum Gasteiger partial charge on any atom is -0.256 e. The van der Waals surface area contributed by atoms with Crippen LogP contribution in [-0.4, -0.2) is 15.0 Å². The van der Waals surface area contributed by atoms with E-state index in [1.807, 2.05) is 36.5 Å². The summed E-state index contributed by atoms with van der Waals surface area (Å²) in [6.45, 7) is 6.09. The fourth-order valence-corrected chi connectivity index (χ4v) is 7.26. The number of pyridine rings is 1. The zero-order valence-corrected chi connectivity index (χ0v) is 28.2. The van der Waals surface area contributed by atoms with Crippen LogP contribution in [0.5, 0.6) is 0 Å². The Labute approximate surface area is 296 Å². The van der Waals surface area contributed by atoms with Gasteiger partial charge in [0.2, 0.25) is 0 Å². The Kier molecular flexibility index (Phi) is 7.52. The second-order valence-corrected chi connectivity index (χ2v) is 12.9. The van der Waals surface area contributed by atoms with Gasteiger partial charge >= 0.3 is 0 Å². The molecule has 0 saturated carbocycles. The summed E-state index contributed by atoms with van der Waals surface area (Å²) in [4.78, 5) is 15.3. The van der Waals surface area contributed by atoms with E-state index in [0.29, 0.717) is 5.82 Å². The Morgan fingerprint density at radius 1 is 0.510 bits per heavy atom. The molecule has 0 radical (unpaired) electrons. The van der Waals surface area contributed by atoms with Gasteiger partial charge < -0.3 is 0 Å². The molecule has 0 amide bonds. The molecular weight excluding hydrogens is 619 g/mol. The van der Waals surface area contributed by atoms with Crippen LogP contribution in [0.2, 0.25) is 0 Å². The molecule has 0 aliphatic carbocycles. The SMILES string of the molecule is C=C/C=C\c1cc(-c2cc(-c3cc4ccccc4c4ccccc34)nc(-c3ccc(-c4cnc5ccccc5c4)cc3)n2)c2ccccc2c1C. The highest BCUT2D eigenvalue weighted by Gasteiger charge is 2.17. The number of rotatable bonds is 6. The van der Waals surface area contributed by atoms with Crippen LogP contribution in [0.3, 0.4) is 0 Å². The summed E-state index contributed by atoms with van der Waals surface area (Å²) < 4.78 is 0. The summed E-state index contributed by atoms with van der Waals surface area (Å²) in [7, 11) is 0. The predicted octanol–water partition coefficient (Wildman–Crippen LogP) is 12.7. The van der Waals surface area contributed by atoms with Crippen molar-refractivity contribution in [3.63, 3.8) is 0 Å². The van der Waals surface area contributed by atoms with E-state index in [-0.39, 0.29) is 0 Å². The van der Waals surface area contributed by atoms with Crippen LogP contribution in [0.25, 0.3) is 94.3 Å². The first-order valence-electron chi connectivity index (χ1n) is 17.2. The molecule has 240 valence electrons. The van der Waals surface area contributed by atoms with Crippen LogP contribution in [0, 0.1) is 6.92 Å². The third kappa shape index (κ3) is 5.46. The highest BCUT2D eigenvalue weighted by Crippen LogP contribution is 2.39. The Bertz CT molecular complexity index is 2830. The highest BCUT2D eigenvalue weighted by atomic mass is 14.9. The minimum atomic E-state index is 0.677. The molecule has 7 aromatic carbocycles. The second kappa shape index (κ2) is 12.6. The molecule has 9 rings (SSSR count). The average Bonchev–Trinajstić information content (AvgIpc) is 3.20. The molecule has 51 heavy (non-hydrogen) atoms. The van der Waals surface area contributed by atoms with Crippen molar-refractivity contribution in [2.45, 2.75) is 6.92 Å². The number of aromatic nitrogens is 3. The quantitative estimate of drug-likeness (QED) is 0.133. The van der Waals surface area contributed by atoms with Crippen molar-refractivity contribution in [3.8, 4) is 45.0 Å². The van der Waals surface area contributed by atoms with Gasteiger partial charge in [-0.2, -0.15) is 0 Å². The average molecular weight is 652 g/mol. The van der Waals surface area contributed by atoms with Gasteiger partial charge in [-0.25, -0.2) is 9.97 Å². The van der Waals surface area contributed by atoms with Crippen molar-refractivity contribution >= 4 is 49.3 Å². The van der Waals surface area contributed by atoms with Crippen LogP contribution in [0.15, 0.2) is 171 Å². The van der Waals surface area contributed by atoms with Gasteiger partial charge in [0.25, 0.3) is 0 Å². The molecule has 0 bridgehead atoms. The van der Waals surface area contributed by atoms with Crippen LogP contribution in [-0.2, 0) is 0 Å². The number of allylic oxidation sites excluding steroid dienone is 2. The third-order valence-corrected chi connectivity index (χ3v) is 9.88. The van der Waals surface area contributed by atoms with Crippen LogP contribution in [0.4, 0.5) is 0 Å². The fraction of sp³-hybridized carbons (Fsp3) is 0.0208. The molecule has 2 heterocycles. The van der Waals surface area contributed by atoms with E-state index < -0.39 is 0 Å². The maximum atomic E-state index is 5.32. The van der Waals surface area contributed by atoms with E-state index in [9.17, 15) is 0 Å². The zero-order valence-electron chi connectivity index (χ0n) is 28.2.